The Morgan fingerprint density at radius 2 is 1.89 bits per heavy atom. The van der Waals surface area contributed by atoms with Crippen LogP contribution >= 0.6 is 15.9 Å². The van der Waals surface area contributed by atoms with Crippen LogP contribution in [0.15, 0.2) is 16.6 Å². The smallest absolute Gasteiger partial charge is 0.0426 e. The summed E-state index contributed by atoms with van der Waals surface area (Å²) in [5.74, 6) is 0.677. The Kier molecular flexibility index (Phi) is 4.91. The van der Waals surface area contributed by atoms with Crippen LogP contribution in [0.25, 0.3) is 0 Å². The highest BCUT2D eigenvalue weighted by Gasteiger charge is 2.22. The molecule has 1 fully saturated rings. The van der Waals surface area contributed by atoms with Crippen molar-refractivity contribution in [3.63, 3.8) is 0 Å². The first-order chi connectivity index (χ1) is 8.99. The van der Waals surface area contributed by atoms with Crippen LogP contribution in [0.4, 0.5) is 5.69 Å². The molecule has 0 amide bonds. The zero-order chi connectivity index (χ0) is 14.0. The fourth-order valence-electron chi connectivity index (χ4n) is 3.00. The second kappa shape index (κ2) is 6.27. The Labute approximate surface area is 125 Å². The molecule has 2 rings (SSSR count). The Balaban J connectivity index is 2.29. The molecule has 0 aliphatic carbocycles. The lowest BCUT2D eigenvalue weighted by atomic mass is 10.0. The summed E-state index contributed by atoms with van der Waals surface area (Å²) in [6.07, 6.45) is 1.22. The van der Waals surface area contributed by atoms with Gasteiger partial charge >= 0.3 is 0 Å². The number of hydrogen-bond donors (Lipinski definition) is 1. The molecule has 1 aromatic rings. The van der Waals surface area contributed by atoms with Crippen molar-refractivity contribution in [2.75, 3.05) is 24.5 Å². The van der Waals surface area contributed by atoms with Crippen molar-refractivity contribution in [2.45, 2.75) is 40.2 Å². The molecule has 3 heteroatoms. The van der Waals surface area contributed by atoms with Crippen molar-refractivity contribution in [1.29, 1.82) is 0 Å². The van der Waals surface area contributed by atoms with Crippen LogP contribution in [0, 0.1) is 19.8 Å². The number of rotatable bonds is 2. The van der Waals surface area contributed by atoms with Gasteiger partial charge in [-0.15, -0.1) is 0 Å². The molecule has 1 heterocycles. The molecular formula is C16H25BrN2. The fourth-order valence-corrected chi connectivity index (χ4v) is 3.69. The predicted octanol–water partition coefficient (Wildman–Crippen LogP) is 3.89. The van der Waals surface area contributed by atoms with Gasteiger partial charge in [0, 0.05) is 29.3 Å². The van der Waals surface area contributed by atoms with E-state index < -0.39 is 0 Å². The third kappa shape index (κ3) is 3.51. The van der Waals surface area contributed by atoms with Crippen molar-refractivity contribution in [3.05, 3.63) is 27.7 Å². The molecule has 1 aliphatic heterocycles. The topological polar surface area (TPSA) is 15.3 Å². The standard InChI is InChI=1S/C16H25BrN2/c1-11(2)15-10-19(7-5-6-18-15)16-12(3)8-14(17)9-13(16)4/h8-9,11,15,18H,5-7,10H2,1-4H3. The zero-order valence-electron chi connectivity index (χ0n) is 12.5. The predicted molar refractivity (Wildman–Crippen MR) is 87.1 cm³/mol. The molecule has 2 nitrogen and oxygen atoms in total. The molecule has 0 radical (unpaired) electrons. The first kappa shape index (κ1) is 14.9. The highest BCUT2D eigenvalue weighted by Crippen LogP contribution is 2.29. The van der Waals surface area contributed by atoms with E-state index in [-0.39, 0.29) is 0 Å². The second-order valence-electron chi connectivity index (χ2n) is 5.99. The van der Waals surface area contributed by atoms with E-state index in [9.17, 15) is 0 Å². The molecule has 1 aliphatic rings. The minimum Gasteiger partial charge on any atom is -0.369 e. The lowest BCUT2D eigenvalue weighted by Gasteiger charge is -2.31. The molecule has 0 aromatic heterocycles. The van der Waals surface area contributed by atoms with Gasteiger partial charge in [-0.1, -0.05) is 29.8 Å². The van der Waals surface area contributed by atoms with Crippen molar-refractivity contribution in [3.8, 4) is 0 Å². The lowest BCUT2D eigenvalue weighted by molar-refractivity contribution is 0.420. The number of nitrogens with zero attached hydrogens (tertiary/aromatic N) is 1. The molecule has 0 saturated carbocycles. The summed E-state index contributed by atoms with van der Waals surface area (Å²) >= 11 is 3.59. The Bertz CT molecular complexity index is 419. The van der Waals surface area contributed by atoms with Crippen LogP contribution in [-0.4, -0.2) is 25.7 Å². The first-order valence-corrected chi connectivity index (χ1v) is 8.03. The van der Waals surface area contributed by atoms with Gasteiger partial charge in [-0.3, -0.25) is 0 Å². The monoisotopic (exact) mass is 324 g/mol. The minimum absolute atomic E-state index is 0.588. The number of halogens is 1. The van der Waals surface area contributed by atoms with E-state index in [0.29, 0.717) is 12.0 Å². The number of hydrogen-bond acceptors (Lipinski definition) is 2. The Morgan fingerprint density at radius 1 is 1.26 bits per heavy atom. The molecule has 1 aromatic carbocycles. The summed E-state index contributed by atoms with van der Waals surface area (Å²) in [6.45, 7) is 12.4. The molecule has 0 spiro atoms. The van der Waals surface area contributed by atoms with E-state index in [1.54, 1.807) is 0 Å². The summed E-state index contributed by atoms with van der Waals surface area (Å²) in [5, 5.41) is 3.68. The Morgan fingerprint density at radius 3 is 2.47 bits per heavy atom. The van der Waals surface area contributed by atoms with Crippen LogP contribution in [0.5, 0.6) is 0 Å². The number of benzene rings is 1. The minimum atomic E-state index is 0.588. The molecule has 106 valence electrons. The largest absolute Gasteiger partial charge is 0.369 e. The number of nitrogens with one attached hydrogen (secondary N) is 1. The number of anilines is 1. The van der Waals surface area contributed by atoms with Crippen LogP contribution in [0.3, 0.4) is 0 Å². The van der Waals surface area contributed by atoms with E-state index in [4.69, 9.17) is 0 Å². The Hall–Kier alpha value is -0.540. The zero-order valence-corrected chi connectivity index (χ0v) is 14.0. The van der Waals surface area contributed by atoms with Gasteiger partial charge in [0.1, 0.15) is 0 Å². The van der Waals surface area contributed by atoms with Crippen LogP contribution in [0.2, 0.25) is 0 Å². The van der Waals surface area contributed by atoms with Gasteiger partial charge in [-0.2, -0.15) is 0 Å². The molecule has 1 atom stereocenters. The van der Waals surface area contributed by atoms with E-state index in [1.165, 1.54) is 27.7 Å². The van der Waals surface area contributed by atoms with Gasteiger partial charge in [-0.25, -0.2) is 0 Å². The average molecular weight is 325 g/mol. The highest BCUT2D eigenvalue weighted by atomic mass is 79.9. The van der Waals surface area contributed by atoms with Crippen LogP contribution < -0.4 is 10.2 Å². The maximum Gasteiger partial charge on any atom is 0.0426 e. The highest BCUT2D eigenvalue weighted by molar-refractivity contribution is 9.10. The van der Waals surface area contributed by atoms with Gasteiger partial charge < -0.3 is 10.2 Å². The van der Waals surface area contributed by atoms with Gasteiger partial charge in [0.2, 0.25) is 0 Å². The lowest BCUT2D eigenvalue weighted by Crippen LogP contribution is -2.41. The first-order valence-electron chi connectivity index (χ1n) is 7.24. The van der Waals surface area contributed by atoms with E-state index in [0.717, 1.165) is 19.6 Å². The van der Waals surface area contributed by atoms with Gasteiger partial charge in [0.05, 0.1) is 0 Å². The molecule has 19 heavy (non-hydrogen) atoms. The van der Waals surface area contributed by atoms with Crippen molar-refractivity contribution < 1.29 is 0 Å². The average Bonchev–Trinajstić information content (AvgIpc) is 2.53. The van der Waals surface area contributed by atoms with Crippen molar-refractivity contribution in [1.82, 2.24) is 5.32 Å². The van der Waals surface area contributed by atoms with Gasteiger partial charge in [-0.05, 0) is 56.0 Å². The third-order valence-electron chi connectivity index (χ3n) is 4.01. The summed E-state index contributed by atoms with van der Waals surface area (Å²) < 4.78 is 1.18. The van der Waals surface area contributed by atoms with Crippen molar-refractivity contribution in [2.24, 2.45) is 5.92 Å². The van der Waals surface area contributed by atoms with E-state index >= 15 is 0 Å². The summed E-state index contributed by atoms with van der Waals surface area (Å²) in [6, 6.07) is 5.04. The second-order valence-corrected chi connectivity index (χ2v) is 6.91. The fraction of sp³-hybridized carbons (Fsp3) is 0.625. The van der Waals surface area contributed by atoms with E-state index in [1.807, 2.05) is 0 Å². The maximum atomic E-state index is 3.68. The summed E-state index contributed by atoms with van der Waals surface area (Å²) in [4.78, 5) is 2.57. The number of aryl methyl sites for hydroxylation is 2. The molecule has 1 N–H and O–H groups in total. The van der Waals surface area contributed by atoms with Crippen LogP contribution in [-0.2, 0) is 0 Å². The molecule has 1 saturated heterocycles. The summed E-state index contributed by atoms with van der Waals surface area (Å²) in [7, 11) is 0. The summed E-state index contributed by atoms with van der Waals surface area (Å²) in [5.41, 5.74) is 4.17. The maximum absolute atomic E-state index is 3.68. The normalized spacial score (nSPS) is 20.7. The molecule has 0 bridgehead atoms. The molecule has 1 unspecified atom stereocenters. The van der Waals surface area contributed by atoms with Crippen molar-refractivity contribution >= 4 is 21.6 Å². The molecular weight excluding hydrogens is 300 g/mol. The van der Waals surface area contributed by atoms with Gasteiger partial charge in [0.15, 0.2) is 0 Å². The SMILES string of the molecule is Cc1cc(Br)cc(C)c1N1CCCNC(C(C)C)C1. The quantitative estimate of drug-likeness (QED) is 0.887. The van der Waals surface area contributed by atoms with Gasteiger partial charge in [0.25, 0.3) is 0 Å². The third-order valence-corrected chi connectivity index (χ3v) is 4.46. The van der Waals surface area contributed by atoms with Crippen LogP contribution in [0.1, 0.15) is 31.4 Å². The van der Waals surface area contributed by atoms with E-state index in [2.05, 4.69) is 66.0 Å².